The van der Waals surface area contributed by atoms with Gasteiger partial charge in [-0.05, 0) is 201 Å². The number of carbonyl (C=O) groups excluding carboxylic acids is 2. The summed E-state index contributed by atoms with van der Waals surface area (Å²) in [5.74, 6) is 20.4. The lowest BCUT2D eigenvalue weighted by molar-refractivity contribution is -0.389. The average Bonchev–Trinajstić information content (AvgIpc) is 1.82. The number of ether oxygens (including phenoxy) is 6. The summed E-state index contributed by atoms with van der Waals surface area (Å²) < 4.78 is 35.1. The molecule has 0 aliphatic rings. The third-order valence-electron chi connectivity index (χ3n) is 12.2. The van der Waals surface area contributed by atoms with Gasteiger partial charge in [0.15, 0.2) is 13.6 Å². The van der Waals surface area contributed by atoms with Gasteiger partial charge in [-0.25, -0.2) is 39.4 Å². The number of nitrogens with one attached hydrogen (secondary N) is 1. The maximum atomic E-state index is 12.3. The fraction of sp³-hybridized carbons (Fsp3) is 0.286. The van der Waals surface area contributed by atoms with Crippen LogP contribution in [0.2, 0.25) is 0 Å². The second-order valence-electron chi connectivity index (χ2n) is 21.6. The molecule has 0 atom stereocenters. The Kier molecular flexibility index (Phi) is 28.0. The lowest BCUT2D eigenvalue weighted by atomic mass is 10.2. The number of amides is 2. The van der Waals surface area contributed by atoms with Gasteiger partial charge >= 0.3 is 18.0 Å². The molecule has 0 unspecified atom stereocenters. The van der Waals surface area contributed by atoms with Gasteiger partial charge in [-0.15, -0.1) is 45.6 Å². The molecule has 494 valence electrons. The highest BCUT2D eigenvalue weighted by Gasteiger charge is 2.26. The molecule has 0 aliphatic heterocycles. The van der Waals surface area contributed by atoms with Crippen LogP contribution in [0.1, 0.15) is 98.5 Å². The lowest BCUT2D eigenvalue weighted by Crippen LogP contribution is -2.34. The standard InChI is InChI=1S/C26H29N3O4S.C25H26N4O6S.C18H15N3OS.CH3Cl/c1-7-31-17-32-20-13-14-21-22(16-20)34-24(28-21)11-9-8-10-19-12-15-23(27-18(19)2)29(6)25(30)33-26(3,4)5;1-6-33-16-34-18-12-13-19-20(15-18)36-22(26-19)10-8-7-9-17-11-14-21(27-23(17)29(31)32)28(5)24(30)35-25(2,3)4;1-12-13(7-10-17(19-2)20-12)5-3-4-6-18-21-15-9-8-14(22)11-16(15)23-18;1-2/h9,11-16H,7,17H2,1-6H3;8,10-15H,6,16H2,1-5H3;4,6-11,22H,1-2H3,(H,19,20);1H3/b11-9+;10-8+;6-4+;. The quantitative estimate of drug-likeness (QED) is 0.0242. The molecule has 0 aliphatic carbocycles. The van der Waals surface area contributed by atoms with Gasteiger partial charge in [-0.3, -0.25) is 4.90 Å². The number of allylic oxidation sites excluding steroid dienone is 3. The van der Waals surface area contributed by atoms with Crippen molar-refractivity contribution in [3.63, 3.8) is 0 Å². The van der Waals surface area contributed by atoms with E-state index >= 15 is 0 Å². The predicted octanol–water partition coefficient (Wildman–Crippen LogP) is 15.9. The zero-order valence-corrected chi connectivity index (χ0v) is 58.3. The molecule has 0 bridgehead atoms. The summed E-state index contributed by atoms with van der Waals surface area (Å²) in [7, 11) is 4.91. The Morgan fingerprint density at radius 2 is 0.989 bits per heavy atom. The molecular weight excluding hydrogens is 1290 g/mol. The van der Waals surface area contributed by atoms with E-state index < -0.39 is 34.1 Å². The van der Waals surface area contributed by atoms with Crippen molar-refractivity contribution in [3.8, 4) is 52.8 Å². The van der Waals surface area contributed by atoms with Crippen molar-refractivity contribution >= 4 is 130 Å². The first-order valence-electron chi connectivity index (χ1n) is 29.3. The summed E-state index contributed by atoms with van der Waals surface area (Å²) in [5.41, 5.74) is 4.76. The van der Waals surface area contributed by atoms with Gasteiger partial charge in [-0.2, -0.15) is 0 Å². The molecule has 0 saturated carbocycles. The van der Waals surface area contributed by atoms with E-state index in [2.05, 4.69) is 82.3 Å². The first-order chi connectivity index (χ1) is 45.4. The van der Waals surface area contributed by atoms with Crippen molar-refractivity contribution in [3.05, 3.63) is 162 Å². The van der Waals surface area contributed by atoms with E-state index in [0.29, 0.717) is 24.8 Å². The number of aromatic hydroxyl groups is 1. The minimum absolute atomic E-state index is 0.0797. The van der Waals surface area contributed by atoms with Gasteiger partial charge in [0.25, 0.3) is 5.82 Å². The van der Waals surface area contributed by atoms with Gasteiger partial charge in [-0.1, -0.05) is 35.5 Å². The number of hydrogen-bond acceptors (Lipinski definition) is 21. The summed E-state index contributed by atoms with van der Waals surface area (Å²) in [4.78, 5) is 64.4. The molecule has 3 aromatic carbocycles. The van der Waals surface area contributed by atoms with E-state index in [1.807, 2.05) is 128 Å². The number of carbonyl (C=O) groups is 2. The summed E-state index contributed by atoms with van der Waals surface area (Å²) in [6, 6.07) is 26.9. The number of nitro groups is 1. The molecule has 21 nitrogen and oxygen atoms in total. The van der Waals surface area contributed by atoms with E-state index in [9.17, 15) is 24.8 Å². The molecule has 25 heteroatoms. The maximum Gasteiger partial charge on any atom is 0.417 e. The zero-order chi connectivity index (χ0) is 69.2. The number of phenols is 1. The number of aryl methyl sites for hydroxylation is 2. The molecular formula is C70H73ClN10O11S3. The molecule has 2 N–H and O–H groups in total. The van der Waals surface area contributed by atoms with Crippen LogP contribution >= 0.6 is 45.6 Å². The van der Waals surface area contributed by atoms with Gasteiger partial charge in [0.2, 0.25) is 0 Å². The highest BCUT2D eigenvalue weighted by Crippen LogP contribution is 2.30. The molecule has 0 spiro atoms. The lowest BCUT2D eigenvalue weighted by Gasteiger charge is -2.24. The number of benzene rings is 3. The van der Waals surface area contributed by atoms with E-state index in [4.69, 9.17) is 28.4 Å². The first-order valence-corrected chi connectivity index (χ1v) is 32.6. The minimum atomic E-state index is -0.710. The Bertz CT molecular complexity index is 4440. The summed E-state index contributed by atoms with van der Waals surface area (Å²) in [5, 5.41) is 26.5. The Morgan fingerprint density at radius 3 is 1.40 bits per heavy atom. The van der Waals surface area contributed by atoms with E-state index in [0.717, 1.165) is 84.7 Å². The molecule has 95 heavy (non-hydrogen) atoms. The van der Waals surface area contributed by atoms with E-state index in [1.54, 1.807) is 81.7 Å². The van der Waals surface area contributed by atoms with Crippen LogP contribution in [0.25, 0.3) is 48.9 Å². The van der Waals surface area contributed by atoms with Gasteiger partial charge < -0.3 is 49.0 Å². The van der Waals surface area contributed by atoms with Crippen molar-refractivity contribution in [2.45, 2.75) is 80.4 Å². The highest BCUT2D eigenvalue weighted by atomic mass is 35.5. The van der Waals surface area contributed by atoms with Crippen LogP contribution in [0.15, 0.2) is 109 Å². The van der Waals surface area contributed by atoms with Crippen molar-refractivity contribution in [2.75, 3.05) is 69.4 Å². The zero-order valence-electron chi connectivity index (χ0n) is 55.1. The fourth-order valence-corrected chi connectivity index (χ4v) is 10.4. The van der Waals surface area contributed by atoms with Crippen LogP contribution in [-0.2, 0) is 18.9 Å². The second-order valence-corrected chi connectivity index (χ2v) is 24.8. The molecule has 6 aromatic heterocycles. The van der Waals surface area contributed by atoms with Gasteiger partial charge in [0, 0.05) is 57.9 Å². The SMILES string of the molecule is CCOCOc1ccc2nc(/C=C/C#Cc3ccc(N(C)C(=O)OC(C)(C)C)nc3C)sc2c1.CCOCOc1ccc2nc(/C=C/C#Cc3ccc(N(C)C(=O)OC(C)(C)C)nc3[N+](=O)[O-])sc2c1.CCl.CNc1ccc(C#C/C=C/c2nc3ccc(O)cc3s2)c(C)n1. The van der Waals surface area contributed by atoms with Crippen LogP contribution in [0.4, 0.5) is 32.9 Å². The number of pyridine rings is 3. The normalized spacial score (nSPS) is 11.0. The number of phenolic OH excluding ortho intramolecular Hbond substituents is 1. The largest absolute Gasteiger partial charge is 0.508 e. The number of anilines is 3. The third-order valence-corrected chi connectivity index (χ3v) is 15.1. The smallest absolute Gasteiger partial charge is 0.417 e. The Labute approximate surface area is 569 Å². The number of nitrogens with zero attached hydrogens (tertiary/aromatic N) is 9. The van der Waals surface area contributed by atoms with Crippen molar-refractivity contribution < 1.29 is 48.0 Å². The number of halogens is 1. The van der Waals surface area contributed by atoms with Crippen LogP contribution < -0.4 is 24.6 Å². The second kappa shape index (κ2) is 35.9. The maximum absolute atomic E-state index is 12.3. The minimum Gasteiger partial charge on any atom is -0.508 e. The predicted molar refractivity (Wildman–Crippen MR) is 382 cm³/mol. The molecule has 9 rings (SSSR count). The summed E-state index contributed by atoms with van der Waals surface area (Å²) in [6.07, 6.45) is 10.9. The Balaban J connectivity index is 0.000000227. The topological polar surface area (TPSA) is 249 Å². The van der Waals surface area contributed by atoms with Crippen molar-refractivity contribution in [2.24, 2.45) is 0 Å². The van der Waals surface area contributed by atoms with Crippen molar-refractivity contribution in [1.82, 2.24) is 29.9 Å². The molecule has 0 radical (unpaired) electrons. The molecule has 0 saturated heterocycles. The fourth-order valence-electron chi connectivity index (χ4n) is 7.66. The molecule has 6 heterocycles. The Morgan fingerprint density at radius 1 is 0.589 bits per heavy atom. The van der Waals surface area contributed by atoms with Crippen LogP contribution in [-0.4, -0.2) is 118 Å². The van der Waals surface area contributed by atoms with Crippen LogP contribution in [0.3, 0.4) is 0 Å². The molecule has 9 aromatic rings. The van der Waals surface area contributed by atoms with Gasteiger partial charge in [0.05, 0.1) is 42.0 Å². The monoisotopic (exact) mass is 1360 g/mol. The number of thiazole rings is 3. The average molecular weight is 1360 g/mol. The van der Waals surface area contributed by atoms with Crippen molar-refractivity contribution in [1.29, 1.82) is 0 Å². The number of aromatic nitrogens is 6. The van der Waals surface area contributed by atoms with Crippen LogP contribution in [0, 0.1) is 59.5 Å². The summed E-state index contributed by atoms with van der Waals surface area (Å²) in [6.45, 7) is 19.9. The van der Waals surface area contributed by atoms with E-state index in [1.165, 1.54) is 53.1 Å². The third kappa shape index (κ3) is 23.5. The molecule has 2 amide bonds. The van der Waals surface area contributed by atoms with Gasteiger partial charge in [0.1, 0.15) is 60.7 Å². The molecule has 0 fully saturated rings. The number of fused-ring (bicyclic) bond motifs is 3. The summed E-state index contributed by atoms with van der Waals surface area (Å²) >= 11 is 9.18. The highest BCUT2D eigenvalue weighted by molar-refractivity contribution is 7.20. The number of alkyl halides is 1. The Hall–Kier alpha value is -9.97. The first kappa shape index (κ1) is 74.1. The van der Waals surface area contributed by atoms with Crippen LogP contribution in [0.5, 0.6) is 17.2 Å². The van der Waals surface area contributed by atoms with E-state index in [-0.39, 0.29) is 30.7 Å². The number of hydrogen-bond donors (Lipinski definition) is 2. The number of rotatable bonds is 15.